The van der Waals surface area contributed by atoms with E-state index >= 15 is 0 Å². The largest absolute Gasteiger partial charge is 0.496 e. The van der Waals surface area contributed by atoms with E-state index < -0.39 is 0 Å². The number of benzene rings is 1. The van der Waals surface area contributed by atoms with Crippen molar-refractivity contribution in [3.8, 4) is 5.75 Å². The number of methoxy groups -OCH3 is 1. The van der Waals surface area contributed by atoms with Gasteiger partial charge in [0.25, 0.3) is 0 Å². The Morgan fingerprint density at radius 3 is 2.56 bits per heavy atom. The molecule has 0 bridgehead atoms. The molecule has 2 nitrogen and oxygen atoms in total. The van der Waals surface area contributed by atoms with Crippen molar-refractivity contribution in [3.05, 3.63) is 27.7 Å². The van der Waals surface area contributed by atoms with Crippen molar-refractivity contribution < 1.29 is 4.74 Å². The van der Waals surface area contributed by atoms with Crippen LogP contribution in [0.15, 0.2) is 16.6 Å². The zero-order valence-corrected chi connectivity index (χ0v) is 12.0. The van der Waals surface area contributed by atoms with Gasteiger partial charge in [-0.3, -0.25) is 0 Å². The Bertz CT molecular complexity index is 350. The molecule has 0 aliphatic rings. The molecule has 90 valence electrons. The highest BCUT2D eigenvalue weighted by Gasteiger charge is 2.13. The molecule has 1 N–H and O–H groups in total. The van der Waals surface area contributed by atoms with E-state index in [4.69, 9.17) is 4.74 Å². The van der Waals surface area contributed by atoms with Crippen molar-refractivity contribution in [2.75, 3.05) is 20.7 Å². The summed E-state index contributed by atoms with van der Waals surface area (Å²) in [7, 11) is 3.71. The molecule has 1 aromatic carbocycles. The zero-order chi connectivity index (χ0) is 12.1. The minimum Gasteiger partial charge on any atom is -0.496 e. The molecule has 1 aromatic rings. The molecule has 0 fully saturated rings. The van der Waals surface area contributed by atoms with Gasteiger partial charge in [-0.15, -0.1) is 0 Å². The van der Waals surface area contributed by atoms with Gasteiger partial charge in [0.2, 0.25) is 0 Å². The predicted molar refractivity (Wildman–Crippen MR) is 72.4 cm³/mol. The van der Waals surface area contributed by atoms with Gasteiger partial charge in [-0.1, -0.05) is 29.8 Å². The summed E-state index contributed by atoms with van der Waals surface area (Å²) in [5.74, 6) is 1.51. The maximum absolute atomic E-state index is 5.54. The zero-order valence-electron chi connectivity index (χ0n) is 10.4. The Hall–Kier alpha value is -0.540. The van der Waals surface area contributed by atoms with E-state index in [2.05, 4.69) is 47.2 Å². The first kappa shape index (κ1) is 13.5. The van der Waals surface area contributed by atoms with Crippen LogP contribution in [0.2, 0.25) is 0 Å². The molecule has 0 aliphatic carbocycles. The second kappa shape index (κ2) is 6.26. The Morgan fingerprint density at radius 2 is 2.06 bits per heavy atom. The molecule has 0 aromatic heterocycles. The topological polar surface area (TPSA) is 21.3 Å². The predicted octanol–water partition coefficient (Wildman–Crippen LogP) is 3.34. The minimum absolute atomic E-state index is 0.473. The van der Waals surface area contributed by atoms with E-state index in [0.29, 0.717) is 5.92 Å². The van der Waals surface area contributed by atoms with Crippen LogP contribution >= 0.6 is 15.9 Å². The monoisotopic (exact) mass is 285 g/mol. The van der Waals surface area contributed by atoms with Crippen molar-refractivity contribution in [1.82, 2.24) is 5.32 Å². The van der Waals surface area contributed by atoms with E-state index in [1.54, 1.807) is 7.11 Å². The maximum Gasteiger partial charge on any atom is 0.125 e. The van der Waals surface area contributed by atoms with Crippen molar-refractivity contribution >= 4 is 15.9 Å². The molecule has 0 radical (unpaired) electrons. The van der Waals surface area contributed by atoms with Gasteiger partial charge in [0.15, 0.2) is 0 Å². The molecule has 0 spiro atoms. The number of nitrogens with one attached hydrogen (secondary N) is 1. The van der Waals surface area contributed by atoms with E-state index in [-0.39, 0.29) is 0 Å². The van der Waals surface area contributed by atoms with Crippen LogP contribution in [0, 0.1) is 0 Å². The quantitative estimate of drug-likeness (QED) is 0.896. The number of ether oxygens (including phenoxy) is 1. The fraction of sp³-hybridized carbons (Fsp3) is 0.538. The van der Waals surface area contributed by atoms with Crippen LogP contribution in [0.25, 0.3) is 0 Å². The maximum atomic E-state index is 5.54. The molecule has 1 rings (SSSR count). The summed E-state index contributed by atoms with van der Waals surface area (Å²) >= 11 is 3.56. The average Bonchev–Trinajstić information content (AvgIpc) is 2.25. The van der Waals surface area contributed by atoms with Crippen LogP contribution in [0.3, 0.4) is 0 Å². The summed E-state index contributed by atoms with van der Waals surface area (Å²) in [5, 5.41) is 3.16. The lowest BCUT2D eigenvalue weighted by Gasteiger charge is -2.16. The fourth-order valence-electron chi connectivity index (χ4n) is 1.80. The van der Waals surface area contributed by atoms with Gasteiger partial charge in [-0.2, -0.15) is 0 Å². The normalized spacial score (nSPS) is 10.9. The highest BCUT2D eigenvalue weighted by Crippen LogP contribution is 2.33. The highest BCUT2D eigenvalue weighted by molar-refractivity contribution is 9.10. The van der Waals surface area contributed by atoms with Gasteiger partial charge in [0.1, 0.15) is 5.75 Å². The molecular formula is C13H20BrNO. The first-order valence-corrected chi connectivity index (χ1v) is 6.40. The minimum atomic E-state index is 0.473. The summed E-state index contributed by atoms with van der Waals surface area (Å²) in [6.07, 6.45) is 0.985. The smallest absolute Gasteiger partial charge is 0.125 e. The van der Waals surface area contributed by atoms with E-state index in [9.17, 15) is 0 Å². The molecule has 0 saturated heterocycles. The van der Waals surface area contributed by atoms with Crippen molar-refractivity contribution in [2.45, 2.75) is 26.2 Å². The van der Waals surface area contributed by atoms with Gasteiger partial charge < -0.3 is 10.1 Å². The van der Waals surface area contributed by atoms with Crippen LogP contribution in [-0.2, 0) is 6.42 Å². The standard InChI is InChI=1S/C13H20BrNO/c1-9(2)12-8-11(14)7-10(5-6-15-3)13(12)16-4/h7-9,15H,5-6H2,1-4H3. The Balaban J connectivity index is 3.14. The molecule has 0 amide bonds. The third kappa shape index (κ3) is 3.22. The third-order valence-electron chi connectivity index (χ3n) is 2.63. The number of hydrogen-bond acceptors (Lipinski definition) is 2. The lowest BCUT2D eigenvalue weighted by molar-refractivity contribution is 0.402. The molecular weight excluding hydrogens is 266 g/mol. The highest BCUT2D eigenvalue weighted by atomic mass is 79.9. The number of rotatable bonds is 5. The van der Waals surface area contributed by atoms with Gasteiger partial charge in [0.05, 0.1) is 7.11 Å². The summed E-state index contributed by atoms with van der Waals surface area (Å²) in [6, 6.07) is 4.29. The van der Waals surface area contributed by atoms with Crippen LogP contribution in [0.1, 0.15) is 30.9 Å². The second-order valence-corrected chi connectivity index (χ2v) is 5.11. The number of likely N-dealkylation sites (N-methyl/N-ethyl adjacent to an activating group) is 1. The van der Waals surface area contributed by atoms with E-state index in [1.165, 1.54) is 11.1 Å². The first-order valence-electron chi connectivity index (χ1n) is 5.61. The van der Waals surface area contributed by atoms with Crippen molar-refractivity contribution in [2.24, 2.45) is 0 Å². The van der Waals surface area contributed by atoms with Crippen LogP contribution in [-0.4, -0.2) is 20.7 Å². The molecule has 0 saturated carbocycles. The summed E-state index contributed by atoms with van der Waals surface area (Å²) in [5.41, 5.74) is 2.53. The first-order chi connectivity index (χ1) is 7.60. The molecule has 0 atom stereocenters. The number of halogens is 1. The Labute approximate surface area is 107 Å². The second-order valence-electron chi connectivity index (χ2n) is 4.20. The van der Waals surface area contributed by atoms with Gasteiger partial charge >= 0.3 is 0 Å². The van der Waals surface area contributed by atoms with Crippen molar-refractivity contribution in [1.29, 1.82) is 0 Å². The summed E-state index contributed by atoms with van der Waals surface area (Å²) in [4.78, 5) is 0. The molecule has 0 unspecified atom stereocenters. The number of hydrogen-bond donors (Lipinski definition) is 1. The van der Waals surface area contributed by atoms with Gasteiger partial charge in [-0.25, -0.2) is 0 Å². The fourth-order valence-corrected chi connectivity index (χ4v) is 2.32. The van der Waals surface area contributed by atoms with Crippen LogP contribution in [0.4, 0.5) is 0 Å². The Morgan fingerprint density at radius 1 is 1.38 bits per heavy atom. The van der Waals surface area contributed by atoms with Gasteiger partial charge in [0, 0.05) is 4.47 Å². The SMILES string of the molecule is CNCCc1cc(Br)cc(C(C)C)c1OC. The third-order valence-corrected chi connectivity index (χ3v) is 3.09. The van der Waals surface area contributed by atoms with E-state index in [0.717, 1.165) is 23.2 Å². The summed E-state index contributed by atoms with van der Waals surface area (Å²) < 4.78 is 6.67. The average molecular weight is 286 g/mol. The summed E-state index contributed by atoms with van der Waals surface area (Å²) in [6.45, 7) is 5.34. The molecule has 3 heteroatoms. The van der Waals surface area contributed by atoms with Crippen LogP contribution < -0.4 is 10.1 Å². The lowest BCUT2D eigenvalue weighted by Crippen LogP contribution is -2.11. The molecule has 0 aliphatic heterocycles. The van der Waals surface area contributed by atoms with Crippen molar-refractivity contribution in [3.63, 3.8) is 0 Å². The Kier molecular flexibility index (Phi) is 5.29. The molecule has 0 heterocycles. The lowest BCUT2D eigenvalue weighted by atomic mass is 9.98. The van der Waals surface area contributed by atoms with E-state index in [1.807, 2.05) is 7.05 Å². The molecule has 16 heavy (non-hydrogen) atoms. The van der Waals surface area contributed by atoms with Crippen LogP contribution in [0.5, 0.6) is 5.75 Å². The van der Waals surface area contributed by atoms with Gasteiger partial charge in [-0.05, 0) is 49.2 Å².